The van der Waals surface area contributed by atoms with E-state index in [-0.39, 0.29) is 12.5 Å². The van der Waals surface area contributed by atoms with Gasteiger partial charge in [0.25, 0.3) is 0 Å². The summed E-state index contributed by atoms with van der Waals surface area (Å²) in [5, 5.41) is 17.7. The fourth-order valence-corrected chi connectivity index (χ4v) is 3.25. The number of benzene rings is 2. The molecule has 1 atom stereocenters. The fourth-order valence-electron chi connectivity index (χ4n) is 3.25. The van der Waals surface area contributed by atoms with Gasteiger partial charge < -0.3 is 21.3 Å². The fraction of sp³-hybridized carbons (Fsp3) is 0.100. The Morgan fingerprint density at radius 3 is 2.96 bits per heavy atom. The highest BCUT2D eigenvalue weighted by Gasteiger charge is 2.22. The van der Waals surface area contributed by atoms with Crippen molar-refractivity contribution in [2.75, 3.05) is 17.1 Å². The third-order valence-corrected chi connectivity index (χ3v) is 4.70. The van der Waals surface area contributed by atoms with Crippen LogP contribution in [-0.4, -0.2) is 29.5 Å². The highest BCUT2D eigenvalue weighted by molar-refractivity contribution is 6.61. The van der Waals surface area contributed by atoms with Gasteiger partial charge in [0.1, 0.15) is 0 Å². The molecule has 1 aromatic heterocycles. The predicted octanol–water partition coefficient (Wildman–Crippen LogP) is 2.37. The van der Waals surface area contributed by atoms with Gasteiger partial charge in [0.15, 0.2) is 0 Å². The van der Waals surface area contributed by atoms with Crippen molar-refractivity contribution in [2.45, 2.75) is 5.92 Å². The first-order valence-electron chi connectivity index (χ1n) is 8.75. The molecule has 6 nitrogen and oxygen atoms in total. The van der Waals surface area contributed by atoms with Crippen molar-refractivity contribution >= 4 is 41.2 Å². The summed E-state index contributed by atoms with van der Waals surface area (Å²) >= 11 is 0. The minimum Gasteiger partial charge on any atom is -0.429 e. The van der Waals surface area contributed by atoms with Crippen molar-refractivity contribution in [3.63, 3.8) is 0 Å². The average Bonchev–Trinajstić information content (AvgIpc) is 2.68. The van der Waals surface area contributed by atoms with Crippen molar-refractivity contribution < 1.29 is 9.82 Å². The van der Waals surface area contributed by atoms with Gasteiger partial charge in [-0.1, -0.05) is 30.3 Å². The molecule has 1 unspecified atom stereocenters. The molecule has 1 amide bonds. The van der Waals surface area contributed by atoms with E-state index in [9.17, 15) is 9.82 Å². The molecule has 7 heteroatoms. The minimum absolute atomic E-state index is 0.169. The number of fused-ring (bicyclic) bond motifs is 2. The third-order valence-electron chi connectivity index (χ3n) is 4.70. The van der Waals surface area contributed by atoms with Crippen LogP contribution in [0.5, 0.6) is 0 Å². The van der Waals surface area contributed by atoms with Crippen LogP contribution in [0.2, 0.25) is 0 Å². The number of carbonyl (C=O) groups is 1. The van der Waals surface area contributed by atoms with Crippen molar-refractivity contribution in [1.29, 1.82) is 0 Å². The van der Waals surface area contributed by atoms with Crippen LogP contribution in [0.15, 0.2) is 60.8 Å². The first-order valence-corrected chi connectivity index (χ1v) is 8.75. The number of anilines is 2. The van der Waals surface area contributed by atoms with E-state index in [1.165, 1.54) is 0 Å². The van der Waals surface area contributed by atoms with E-state index in [1.54, 1.807) is 18.4 Å². The summed E-state index contributed by atoms with van der Waals surface area (Å²) in [4.78, 5) is 16.9. The standard InChI is InChI=1S/C20H19BN4O2/c22-11-18(15-2-1-13-5-7-21(27)25-19(13)10-15)20(26)24-17-4-3-16-12-23-8-6-14(16)9-17/h1-10,12,18,25,27H,11,22H2,(H,24,26). The molecule has 0 bridgehead atoms. The molecule has 0 saturated heterocycles. The van der Waals surface area contributed by atoms with Gasteiger partial charge in [0.2, 0.25) is 5.91 Å². The molecule has 0 fully saturated rings. The van der Waals surface area contributed by atoms with E-state index < -0.39 is 13.0 Å². The van der Waals surface area contributed by atoms with Crippen LogP contribution in [0.25, 0.3) is 16.8 Å². The van der Waals surface area contributed by atoms with E-state index in [0.717, 1.165) is 27.6 Å². The van der Waals surface area contributed by atoms with Gasteiger partial charge in [0.05, 0.1) is 5.92 Å². The molecule has 27 heavy (non-hydrogen) atoms. The zero-order valence-electron chi connectivity index (χ0n) is 14.6. The van der Waals surface area contributed by atoms with Crippen molar-refractivity contribution in [1.82, 2.24) is 4.98 Å². The van der Waals surface area contributed by atoms with Crippen LogP contribution < -0.4 is 16.3 Å². The summed E-state index contributed by atoms with van der Waals surface area (Å²) in [7, 11) is -0.731. The van der Waals surface area contributed by atoms with Gasteiger partial charge in [-0.25, -0.2) is 0 Å². The molecule has 134 valence electrons. The Morgan fingerprint density at radius 2 is 2.11 bits per heavy atom. The van der Waals surface area contributed by atoms with Gasteiger partial charge >= 0.3 is 7.05 Å². The Labute approximate surface area is 157 Å². The average molecular weight is 358 g/mol. The normalized spacial score (nSPS) is 13.8. The van der Waals surface area contributed by atoms with Crippen LogP contribution in [0.4, 0.5) is 11.4 Å². The molecule has 4 rings (SSSR count). The van der Waals surface area contributed by atoms with Gasteiger partial charge in [-0.2, -0.15) is 0 Å². The Balaban J connectivity index is 1.57. The van der Waals surface area contributed by atoms with E-state index in [2.05, 4.69) is 15.5 Å². The zero-order valence-corrected chi connectivity index (χ0v) is 14.6. The molecule has 0 saturated carbocycles. The molecule has 2 heterocycles. The number of rotatable bonds is 4. The maximum Gasteiger partial charge on any atom is 0.438 e. The maximum absolute atomic E-state index is 12.8. The number of aromatic nitrogens is 1. The Hall–Kier alpha value is -3.16. The smallest absolute Gasteiger partial charge is 0.429 e. The van der Waals surface area contributed by atoms with Crippen molar-refractivity contribution in [3.05, 3.63) is 72.0 Å². The second kappa shape index (κ2) is 7.22. The first kappa shape index (κ1) is 17.3. The number of nitrogens with two attached hydrogens (primary N) is 1. The second-order valence-electron chi connectivity index (χ2n) is 6.51. The largest absolute Gasteiger partial charge is 0.438 e. The number of hydrogen-bond donors (Lipinski definition) is 4. The Bertz CT molecular complexity index is 1040. The van der Waals surface area contributed by atoms with E-state index >= 15 is 0 Å². The van der Waals surface area contributed by atoms with Crippen LogP contribution in [0, 0.1) is 0 Å². The topological polar surface area (TPSA) is 100 Å². The molecular formula is C20H19BN4O2. The number of nitrogens with zero attached hydrogens (tertiary/aromatic N) is 1. The van der Waals surface area contributed by atoms with Crippen LogP contribution in [0.1, 0.15) is 17.0 Å². The lowest BCUT2D eigenvalue weighted by atomic mass is 9.78. The summed E-state index contributed by atoms with van der Waals surface area (Å²) in [5.74, 6) is 1.01. The van der Waals surface area contributed by atoms with Gasteiger partial charge in [0, 0.05) is 35.7 Å². The molecule has 0 spiro atoms. The first-order chi connectivity index (χ1) is 13.1. The van der Waals surface area contributed by atoms with Gasteiger partial charge in [-0.05, 0) is 40.8 Å². The highest BCUT2D eigenvalue weighted by Crippen LogP contribution is 2.27. The molecular weight excluding hydrogens is 339 g/mol. The van der Waals surface area contributed by atoms with E-state index in [1.807, 2.05) is 48.5 Å². The van der Waals surface area contributed by atoms with Crippen LogP contribution in [0.3, 0.4) is 0 Å². The lowest BCUT2D eigenvalue weighted by molar-refractivity contribution is -0.117. The highest BCUT2D eigenvalue weighted by atomic mass is 16.2. The number of hydrogen-bond acceptors (Lipinski definition) is 5. The number of nitrogens with one attached hydrogen (secondary N) is 2. The minimum atomic E-state index is -0.731. The summed E-state index contributed by atoms with van der Waals surface area (Å²) in [6.45, 7) is 0.181. The van der Waals surface area contributed by atoms with Crippen LogP contribution >= 0.6 is 0 Å². The van der Waals surface area contributed by atoms with Crippen molar-refractivity contribution in [2.24, 2.45) is 5.73 Å². The molecule has 5 N–H and O–H groups in total. The second-order valence-corrected chi connectivity index (χ2v) is 6.51. The number of carbonyl (C=O) groups excluding carboxylic acids is 1. The summed E-state index contributed by atoms with van der Waals surface area (Å²) < 4.78 is 0. The predicted molar refractivity (Wildman–Crippen MR) is 109 cm³/mol. The molecule has 0 aliphatic carbocycles. The molecule has 1 aliphatic rings. The summed E-state index contributed by atoms with van der Waals surface area (Å²) in [6.07, 6.45) is 5.36. The molecule has 3 aromatic rings. The summed E-state index contributed by atoms with van der Waals surface area (Å²) in [5.41, 5.74) is 9.16. The number of pyridine rings is 1. The zero-order chi connectivity index (χ0) is 18.8. The van der Waals surface area contributed by atoms with E-state index in [4.69, 9.17) is 5.73 Å². The quantitative estimate of drug-likeness (QED) is 0.537. The molecule has 2 aromatic carbocycles. The maximum atomic E-state index is 12.8. The summed E-state index contributed by atoms with van der Waals surface area (Å²) in [6, 6.07) is 13.3. The van der Waals surface area contributed by atoms with Gasteiger partial charge in [-0.15, -0.1) is 0 Å². The number of amides is 1. The molecule has 1 aliphatic heterocycles. The Kier molecular flexibility index (Phi) is 4.62. The van der Waals surface area contributed by atoms with Gasteiger partial charge in [-0.3, -0.25) is 9.78 Å². The van der Waals surface area contributed by atoms with Crippen LogP contribution in [-0.2, 0) is 4.79 Å². The lowest BCUT2D eigenvalue weighted by Crippen LogP contribution is -2.28. The third kappa shape index (κ3) is 3.55. The SMILES string of the molecule is NCC(C(=O)Nc1ccc2cnccc2c1)c1ccc2c(c1)NB(O)C=C2. The van der Waals surface area contributed by atoms with Crippen molar-refractivity contribution in [3.8, 4) is 0 Å². The lowest BCUT2D eigenvalue weighted by Gasteiger charge is -2.20. The monoisotopic (exact) mass is 358 g/mol. The van der Waals surface area contributed by atoms with E-state index in [0.29, 0.717) is 5.69 Å². The molecule has 0 radical (unpaired) electrons. The Morgan fingerprint density at radius 1 is 1.22 bits per heavy atom.